The molecular formula is C23H31N7O6. The fraction of sp³-hybridized carbons (Fsp3) is 0.478. The Balaban J connectivity index is 1.62. The van der Waals surface area contributed by atoms with E-state index in [1.54, 1.807) is 19.2 Å². The van der Waals surface area contributed by atoms with Gasteiger partial charge in [-0.1, -0.05) is 0 Å². The van der Waals surface area contributed by atoms with Gasteiger partial charge in [0.2, 0.25) is 0 Å². The molecule has 1 aromatic carbocycles. The average molecular weight is 502 g/mol. The Kier molecular flexibility index (Phi) is 7.31. The highest BCUT2D eigenvalue weighted by molar-refractivity contribution is 6.05. The molecule has 0 bridgehead atoms. The summed E-state index contributed by atoms with van der Waals surface area (Å²) in [5.74, 6) is -0.425. The lowest BCUT2D eigenvalue weighted by Gasteiger charge is -2.36. The third-order valence-corrected chi connectivity index (χ3v) is 6.59. The fourth-order valence-corrected chi connectivity index (χ4v) is 4.45. The number of nitrogens with one attached hydrogen (secondary N) is 1. The highest BCUT2D eigenvalue weighted by atomic mass is 16.5. The van der Waals surface area contributed by atoms with E-state index in [4.69, 9.17) is 4.74 Å². The lowest BCUT2D eigenvalue weighted by molar-refractivity contribution is 0.102. The number of hydrogen-bond acceptors (Lipinski definition) is 8. The van der Waals surface area contributed by atoms with Crippen molar-refractivity contribution in [3.05, 3.63) is 35.0 Å². The number of methoxy groups -OCH3 is 1. The number of hydrogen-bond donors (Lipinski definition) is 3. The molecule has 2 amide bonds. The SMILES string of the molecule is COCCN(C)c1cc(C(=O)Nc2nn(C(=O)O)c3c2CN(C(=O)O)C3)ccc1N1CCN(C)CC1. The summed E-state index contributed by atoms with van der Waals surface area (Å²) in [5, 5.41) is 25.5. The standard InChI is InChI=1S/C23H31N7O6/c1-26-6-8-28(9-7-26)17-5-4-15(12-18(17)27(2)10-11-36-3)21(31)24-20-16-13-29(22(32)33)14-19(16)30(25-20)23(34)35/h4-5,12H,6-11,13-14H2,1-3H3,(H,32,33)(H,34,35)(H,24,25,31). The summed E-state index contributed by atoms with van der Waals surface area (Å²) >= 11 is 0. The minimum Gasteiger partial charge on any atom is -0.465 e. The van der Waals surface area contributed by atoms with E-state index in [9.17, 15) is 24.6 Å². The van der Waals surface area contributed by atoms with Gasteiger partial charge in [-0.05, 0) is 25.2 Å². The van der Waals surface area contributed by atoms with Gasteiger partial charge in [0.1, 0.15) is 0 Å². The molecule has 1 aromatic heterocycles. The largest absolute Gasteiger partial charge is 0.465 e. The summed E-state index contributed by atoms with van der Waals surface area (Å²) < 4.78 is 5.95. The van der Waals surface area contributed by atoms with Gasteiger partial charge in [-0.15, -0.1) is 5.10 Å². The maximum Gasteiger partial charge on any atom is 0.432 e. The van der Waals surface area contributed by atoms with Gasteiger partial charge in [-0.2, -0.15) is 4.68 Å². The molecule has 36 heavy (non-hydrogen) atoms. The molecule has 2 aromatic rings. The number of likely N-dealkylation sites (N-methyl/N-ethyl adjacent to an activating group) is 2. The molecule has 2 aliphatic rings. The Morgan fingerprint density at radius 1 is 1.11 bits per heavy atom. The highest BCUT2D eigenvalue weighted by Gasteiger charge is 2.33. The molecule has 1 saturated heterocycles. The van der Waals surface area contributed by atoms with Gasteiger partial charge < -0.3 is 35.0 Å². The second kappa shape index (κ2) is 10.4. The van der Waals surface area contributed by atoms with E-state index >= 15 is 0 Å². The van der Waals surface area contributed by atoms with Crippen LogP contribution in [0.4, 0.5) is 26.8 Å². The van der Waals surface area contributed by atoms with Gasteiger partial charge in [0.25, 0.3) is 5.91 Å². The minimum atomic E-state index is -1.35. The number of carbonyl (C=O) groups is 3. The van der Waals surface area contributed by atoms with Crippen LogP contribution < -0.4 is 15.1 Å². The number of fused-ring (bicyclic) bond motifs is 1. The van der Waals surface area contributed by atoms with Gasteiger partial charge >= 0.3 is 12.2 Å². The molecule has 3 N–H and O–H groups in total. The molecule has 0 saturated carbocycles. The van der Waals surface area contributed by atoms with Crippen molar-refractivity contribution in [1.82, 2.24) is 19.6 Å². The van der Waals surface area contributed by atoms with E-state index < -0.39 is 18.1 Å². The Hall–Kier alpha value is -3.84. The number of carboxylic acid groups (broad SMARTS) is 2. The summed E-state index contributed by atoms with van der Waals surface area (Å²) in [4.78, 5) is 43.9. The zero-order valence-corrected chi connectivity index (χ0v) is 20.6. The first-order valence-electron chi connectivity index (χ1n) is 11.6. The number of carbonyl (C=O) groups excluding carboxylic acids is 1. The molecule has 0 atom stereocenters. The first-order chi connectivity index (χ1) is 17.2. The van der Waals surface area contributed by atoms with Crippen molar-refractivity contribution in [3.63, 3.8) is 0 Å². The number of aromatic nitrogens is 2. The van der Waals surface area contributed by atoms with E-state index in [0.717, 1.165) is 42.5 Å². The van der Waals surface area contributed by atoms with Gasteiger partial charge in [-0.25, -0.2) is 9.59 Å². The maximum absolute atomic E-state index is 13.2. The van der Waals surface area contributed by atoms with Crippen LogP contribution >= 0.6 is 0 Å². The number of anilines is 3. The summed E-state index contributed by atoms with van der Waals surface area (Å²) in [5.41, 5.74) is 2.87. The van der Waals surface area contributed by atoms with Gasteiger partial charge in [0.15, 0.2) is 5.82 Å². The van der Waals surface area contributed by atoms with Crippen molar-refractivity contribution in [2.45, 2.75) is 13.1 Å². The quantitative estimate of drug-likeness (QED) is 0.510. The van der Waals surface area contributed by atoms with Crippen LogP contribution in [0.25, 0.3) is 0 Å². The normalized spacial score (nSPS) is 15.6. The van der Waals surface area contributed by atoms with E-state index in [2.05, 4.69) is 27.3 Å². The van der Waals surface area contributed by atoms with Crippen molar-refractivity contribution >= 4 is 35.3 Å². The Morgan fingerprint density at radius 2 is 1.83 bits per heavy atom. The molecule has 0 radical (unpaired) electrons. The van der Waals surface area contributed by atoms with Crippen LogP contribution in [-0.2, 0) is 17.8 Å². The van der Waals surface area contributed by atoms with Crippen molar-refractivity contribution in [2.24, 2.45) is 0 Å². The van der Waals surface area contributed by atoms with Gasteiger partial charge in [-0.3, -0.25) is 9.69 Å². The van der Waals surface area contributed by atoms with E-state index in [-0.39, 0.29) is 24.6 Å². The predicted octanol–water partition coefficient (Wildman–Crippen LogP) is 1.49. The monoisotopic (exact) mass is 501 g/mol. The molecule has 0 spiro atoms. The van der Waals surface area contributed by atoms with E-state index in [0.29, 0.717) is 29.0 Å². The third kappa shape index (κ3) is 5.06. The Bertz CT molecular complexity index is 1160. The number of benzene rings is 1. The zero-order chi connectivity index (χ0) is 26.0. The van der Waals surface area contributed by atoms with E-state index in [1.807, 2.05) is 18.0 Å². The molecule has 4 rings (SSSR count). The summed E-state index contributed by atoms with van der Waals surface area (Å²) in [7, 11) is 5.67. The number of ether oxygens (including phenoxy) is 1. The minimum absolute atomic E-state index is 0.0404. The number of piperazine rings is 1. The zero-order valence-electron chi connectivity index (χ0n) is 20.6. The fourth-order valence-electron chi connectivity index (χ4n) is 4.45. The first-order valence-corrected chi connectivity index (χ1v) is 11.6. The van der Waals surface area contributed by atoms with Gasteiger partial charge in [0, 0.05) is 58.0 Å². The number of rotatable bonds is 7. The van der Waals surface area contributed by atoms with Crippen LogP contribution in [-0.4, -0.2) is 108 Å². The third-order valence-electron chi connectivity index (χ3n) is 6.59. The number of nitrogens with zero attached hydrogens (tertiary/aromatic N) is 6. The predicted molar refractivity (Wildman–Crippen MR) is 132 cm³/mol. The van der Waals surface area contributed by atoms with Crippen molar-refractivity contribution in [1.29, 1.82) is 0 Å². The lowest BCUT2D eigenvalue weighted by Crippen LogP contribution is -2.45. The topological polar surface area (TPSA) is 144 Å². The molecular weight excluding hydrogens is 470 g/mol. The Labute approximate surface area is 208 Å². The van der Waals surface area contributed by atoms with Crippen LogP contribution in [0.3, 0.4) is 0 Å². The molecule has 194 valence electrons. The average Bonchev–Trinajstić information content (AvgIpc) is 3.43. The van der Waals surface area contributed by atoms with Gasteiger partial charge in [0.05, 0.1) is 36.8 Å². The van der Waals surface area contributed by atoms with E-state index in [1.165, 1.54) is 0 Å². The lowest BCUT2D eigenvalue weighted by atomic mass is 10.1. The highest BCUT2D eigenvalue weighted by Crippen LogP contribution is 2.33. The smallest absolute Gasteiger partial charge is 0.432 e. The van der Waals surface area contributed by atoms with Crippen LogP contribution in [0, 0.1) is 0 Å². The summed E-state index contributed by atoms with van der Waals surface area (Å²) in [6, 6.07) is 5.45. The molecule has 3 heterocycles. The summed E-state index contributed by atoms with van der Waals surface area (Å²) in [6.45, 7) is 4.59. The van der Waals surface area contributed by atoms with Crippen LogP contribution in [0.5, 0.6) is 0 Å². The molecule has 1 fully saturated rings. The second-order valence-corrected chi connectivity index (χ2v) is 8.97. The van der Waals surface area contributed by atoms with Crippen LogP contribution in [0.15, 0.2) is 18.2 Å². The molecule has 13 nitrogen and oxygen atoms in total. The van der Waals surface area contributed by atoms with Crippen molar-refractivity contribution < 1.29 is 29.3 Å². The Morgan fingerprint density at radius 3 is 2.47 bits per heavy atom. The second-order valence-electron chi connectivity index (χ2n) is 8.97. The summed E-state index contributed by atoms with van der Waals surface area (Å²) in [6.07, 6.45) is -2.53. The molecule has 13 heteroatoms. The number of amides is 2. The van der Waals surface area contributed by atoms with Crippen LogP contribution in [0.2, 0.25) is 0 Å². The maximum atomic E-state index is 13.2. The molecule has 0 aliphatic carbocycles. The van der Waals surface area contributed by atoms with Crippen molar-refractivity contribution in [3.8, 4) is 0 Å². The van der Waals surface area contributed by atoms with Crippen molar-refractivity contribution in [2.75, 3.05) is 75.7 Å². The van der Waals surface area contributed by atoms with Crippen LogP contribution in [0.1, 0.15) is 21.6 Å². The molecule has 0 unspecified atom stereocenters. The first kappa shape index (κ1) is 25.3. The molecule has 2 aliphatic heterocycles.